The standard InChI is InChI=1S/C20H21FN2O3/c1-14(24)16-4-7-19(18(21)13-16)22-8-10-23(11-9-22)20(26)12-15-2-5-17(25)6-3-15/h2-7,13,25H,8-12H2,1H3. The number of amides is 1. The molecule has 1 heterocycles. The first-order chi connectivity index (χ1) is 12.4. The fraction of sp³-hybridized carbons (Fsp3) is 0.300. The lowest BCUT2D eigenvalue weighted by Crippen LogP contribution is -2.49. The molecule has 6 heteroatoms. The van der Waals surface area contributed by atoms with Gasteiger partial charge in [-0.25, -0.2) is 4.39 Å². The Morgan fingerprint density at radius 2 is 1.69 bits per heavy atom. The van der Waals surface area contributed by atoms with E-state index in [1.165, 1.54) is 13.0 Å². The molecule has 0 radical (unpaired) electrons. The van der Waals surface area contributed by atoms with E-state index in [0.29, 0.717) is 37.4 Å². The fourth-order valence-electron chi connectivity index (χ4n) is 3.08. The first kappa shape index (κ1) is 17.9. The molecule has 1 amide bonds. The van der Waals surface area contributed by atoms with Crippen LogP contribution in [0.5, 0.6) is 5.75 Å². The lowest BCUT2D eigenvalue weighted by atomic mass is 10.1. The van der Waals surface area contributed by atoms with Gasteiger partial charge in [-0.05, 0) is 42.8 Å². The van der Waals surface area contributed by atoms with Crippen molar-refractivity contribution in [2.75, 3.05) is 31.1 Å². The van der Waals surface area contributed by atoms with Gasteiger partial charge in [0.1, 0.15) is 11.6 Å². The molecule has 0 aromatic heterocycles. The smallest absolute Gasteiger partial charge is 0.227 e. The predicted octanol–water partition coefficient (Wildman–Crippen LogP) is 2.63. The molecule has 0 saturated carbocycles. The van der Waals surface area contributed by atoms with E-state index in [2.05, 4.69) is 0 Å². The Balaban J connectivity index is 1.59. The van der Waals surface area contributed by atoms with Crippen molar-refractivity contribution >= 4 is 17.4 Å². The Hall–Kier alpha value is -2.89. The molecule has 3 rings (SSSR count). The lowest BCUT2D eigenvalue weighted by molar-refractivity contribution is -0.130. The number of benzene rings is 2. The summed E-state index contributed by atoms with van der Waals surface area (Å²) < 4.78 is 14.3. The highest BCUT2D eigenvalue weighted by Gasteiger charge is 2.23. The molecular formula is C20H21FN2O3. The largest absolute Gasteiger partial charge is 0.508 e. The Bertz CT molecular complexity index is 812. The van der Waals surface area contributed by atoms with Crippen LogP contribution in [0.4, 0.5) is 10.1 Å². The van der Waals surface area contributed by atoms with Crippen LogP contribution in [0.2, 0.25) is 0 Å². The van der Waals surface area contributed by atoms with E-state index >= 15 is 0 Å². The molecule has 1 aliphatic heterocycles. The summed E-state index contributed by atoms with van der Waals surface area (Å²) in [6.45, 7) is 3.53. The van der Waals surface area contributed by atoms with Crippen molar-refractivity contribution in [3.63, 3.8) is 0 Å². The van der Waals surface area contributed by atoms with Gasteiger partial charge in [0.25, 0.3) is 0 Å². The molecule has 1 fully saturated rings. The zero-order valence-electron chi connectivity index (χ0n) is 14.6. The number of carbonyl (C=O) groups excluding carboxylic acids is 2. The molecule has 5 nitrogen and oxygen atoms in total. The van der Waals surface area contributed by atoms with Gasteiger partial charge in [-0.15, -0.1) is 0 Å². The Morgan fingerprint density at radius 3 is 2.27 bits per heavy atom. The first-order valence-corrected chi connectivity index (χ1v) is 8.55. The van der Waals surface area contributed by atoms with E-state index in [1.807, 2.05) is 4.90 Å². The van der Waals surface area contributed by atoms with Crippen LogP contribution in [0.3, 0.4) is 0 Å². The number of carbonyl (C=O) groups is 2. The minimum Gasteiger partial charge on any atom is -0.508 e. The van der Waals surface area contributed by atoms with Crippen LogP contribution < -0.4 is 4.90 Å². The van der Waals surface area contributed by atoms with Gasteiger partial charge in [0.2, 0.25) is 5.91 Å². The Labute approximate surface area is 151 Å². The number of rotatable bonds is 4. The number of aromatic hydroxyl groups is 1. The second-order valence-electron chi connectivity index (χ2n) is 6.43. The highest BCUT2D eigenvalue weighted by Crippen LogP contribution is 2.22. The first-order valence-electron chi connectivity index (χ1n) is 8.55. The molecule has 26 heavy (non-hydrogen) atoms. The van der Waals surface area contributed by atoms with Crippen molar-refractivity contribution in [1.29, 1.82) is 0 Å². The van der Waals surface area contributed by atoms with Crippen molar-refractivity contribution in [3.05, 3.63) is 59.4 Å². The van der Waals surface area contributed by atoms with Gasteiger partial charge in [-0.3, -0.25) is 9.59 Å². The van der Waals surface area contributed by atoms with Crippen molar-refractivity contribution in [2.45, 2.75) is 13.3 Å². The minimum absolute atomic E-state index is 0.0164. The fourth-order valence-corrected chi connectivity index (χ4v) is 3.08. The van der Waals surface area contributed by atoms with E-state index in [1.54, 1.807) is 41.3 Å². The van der Waals surface area contributed by atoms with E-state index < -0.39 is 5.82 Å². The SMILES string of the molecule is CC(=O)c1ccc(N2CCN(C(=O)Cc3ccc(O)cc3)CC2)c(F)c1. The third-order valence-electron chi connectivity index (χ3n) is 4.62. The normalized spacial score (nSPS) is 14.4. The van der Waals surface area contributed by atoms with Crippen LogP contribution in [0, 0.1) is 5.82 Å². The molecule has 136 valence electrons. The molecule has 1 saturated heterocycles. The highest BCUT2D eigenvalue weighted by atomic mass is 19.1. The van der Waals surface area contributed by atoms with Gasteiger partial charge in [-0.1, -0.05) is 12.1 Å². The lowest BCUT2D eigenvalue weighted by Gasteiger charge is -2.36. The topological polar surface area (TPSA) is 60.9 Å². The molecule has 0 unspecified atom stereocenters. The van der Waals surface area contributed by atoms with Crippen LogP contribution >= 0.6 is 0 Å². The summed E-state index contributed by atoms with van der Waals surface area (Å²) in [4.78, 5) is 27.4. The molecule has 2 aromatic carbocycles. The predicted molar refractivity (Wildman–Crippen MR) is 97.0 cm³/mol. The number of ketones is 1. The number of phenolic OH excluding ortho intramolecular Hbond substituents is 1. The zero-order valence-corrected chi connectivity index (χ0v) is 14.6. The molecule has 0 atom stereocenters. The van der Waals surface area contributed by atoms with Gasteiger partial charge in [0.05, 0.1) is 12.1 Å². The van der Waals surface area contributed by atoms with Crippen LogP contribution in [-0.4, -0.2) is 47.9 Å². The van der Waals surface area contributed by atoms with Gasteiger partial charge < -0.3 is 14.9 Å². The summed E-state index contributed by atoms with van der Waals surface area (Å²) in [5.74, 6) is -0.392. The van der Waals surface area contributed by atoms with E-state index in [9.17, 15) is 19.1 Å². The Morgan fingerprint density at radius 1 is 1.04 bits per heavy atom. The molecule has 0 bridgehead atoms. The molecule has 1 aliphatic rings. The van der Waals surface area contributed by atoms with Crippen molar-refractivity contribution in [3.8, 4) is 5.75 Å². The number of nitrogens with zero attached hydrogens (tertiary/aromatic N) is 2. The second kappa shape index (κ2) is 7.56. The number of piperazine rings is 1. The van der Waals surface area contributed by atoms with Crippen LogP contribution in [0.25, 0.3) is 0 Å². The zero-order chi connectivity index (χ0) is 18.7. The van der Waals surface area contributed by atoms with Crippen LogP contribution in [0.1, 0.15) is 22.8 Å². The third-order valence-corrected chi connectivity index (χ3v) is 4.62. The van der Waals surface area contributed by atoms with Gasteiger partial charge in [0.15, 0.2) is 5.78 Å². The summed E-state index contributed by atoms with van der Waals surface area (Å²) in [6.07, 6.45) is 0.280. The summed E-state index contributed by atoms with van der Waals surface area (Å²) in [6, 6.07) is 11.1. The average Bonchev–Trinajstić information content (AvgIpc) is 2.63. The van der Waals surface area contributed by atoms with Crippen molar-refractivity contribution in [1.82, 2.24) is 4.90 Å². The number of anilines is 1. The number of hydrogen-bond donors (Lipinski definition) is 1. The van der Waals surface area contributed by atoms with E-state index in [4.69, 9.17) is 0 Å². The number of halogens is 1. The number of hydrogen-bond acceptors (Lipinski definition) is 4. The molecule has 1 N–H and O–H groups in total. The summed E-state index contributed by atoms with van der Waals surface area (Å²) in [5, 5.41) is 9.30. The van der Waals surface area contributed by atoms with Gasteiger partial charge in [0, 0.05) is 31.7 Å². The maximum absolute atomic E-state index is 14.3. The molecular weight excluding hydrogens is 335 g/mol. The average molecular weight is 356 g/mol. The monoisotopic (exact) mass is 356 g/mol. The van der Waals surface area contributed by atoms with Crippen LogP contribution in [-0.2, 0) is 11.2 Å². The number of Topliss-reactive ketones (excluding diaryl/α,β-unsaturated/α-hetero) is 1. The van der Waals surface area contributed by atoms with E-state index in [-0.39, 0.29) is 23.9 Å². The molecule has 2 aromatic rings. The summed E-state index contributed by atoms with van der Waals surface area (Å²) in [5.41, 5.74) is 1.66. The van der Waals surface area contributed by atoms with Gasteiger partial charge >= 0.3 is 0 Å². The highest BCUT2D eigenvalue weighted by molar-refractivity contribution is 5.94. The summed E-state index contributed by atoms with van der Waals surface area (Å²) in [7, 11) is 0. The van der Waals surface area contributed by atoms with Crippen molar-refractivity contribution in [2.24, 2.45) is 0 Å². The quantitative estimate of drug-likeness (QED) is 0.856. The Kier molecular flexibility index (Phi) is 5.21. The third kappa shape index (κ3) is 4.02. The maximum Gasteiger partial charge on any atom is 0.227 e. The summed E-state index contributed by atoms with van der Waals surface area (Å²) >= 11 is 0. The van der Waals surface area contributed by atoms with Crippen LogP contribution in [0.15, 0.2) is 42.5 Å². The second-order valence-corrected chi connectivity index (χ2v) is 6.43. The molecule has 0 spiro atoms. The minimum atomic E-state index is -0.415. The van der Waals surface area contributed by atoms with E-state index in [0.717, 1.165) is 5.56 Å². The molecule has 0 aliphatic carbocycles. The number of phenols is 1. The van der Waals surface area contributed by atoms with Gasteiger partial charge in [-0.2, -0.15) is 0 Å². The van der Waals surface area contributed by atoms with Crippen molar-refractivity contribution < 1.29 is 19.1 Å². The maximum atomic E-state index is 14.3.